The van der Waals surface area contributed by atoms with Gasteiger partial charge in [-0.2, -0.15) is 0 Å². The molecule has 1 saturated heterocycles. The molecule has 0 bridgehead atoms. The second kappa shape index (κ2) is 10.5. The minimum atomic E-state index is -1.06. The number of aliphatic hydroxyl groups is 2. The SMILES string of the molecule is COc1cc2c(cc1OC(C)C)CN(c1ccc([C@](C)(O)C3CCN(C(=O)CO)CC3)cc1)C(=O)C2. The summed E-state index contributed by atoms with van der Waals surface area (Å²) in [4.78, 5) is 28.2. The molecule has 2 aromatic rings. The summed E-state index contributed by atoms with van der Waals surface area (Å²) in [7, 11) is 1.60. The molecule has 0 aromatic heterocycles. The highest BCUT2D eigenvalue weighted by Gasteiger charge is 2.37. The first-order valence-corrected chi connectivity index (χ1v) is 12.5. The maximum absolute atomic E-state index is 13.0. The van der Waals surface area contributed by atoms with Gasteiger partial charge in [0.05, 0.1) is 31.8 Å². The van der Waals surface area contributed by atoms with Crippen molar-refractivity contribution in [3.63, 3.8) is 0 Å². The smallest absolute Gasteiger partial charge is 0.248 e. The average molecular weight is 497 g/mol. The van der Waals surface area contributed by atoms with Gasteiger partial charge in [-0.1, -0.05) is 12.1 Å². The van der Waals surface area contributed by atoms with Gasteiger partial charge in [-0.3, -0.25) is 9.59 Å². The van der Waals surface area contributed by atoms with Crippen molar-refractivity contribution in [1.29, 1.82) is 0 Å². The van der Waals surface area contributed by atoms with Crippen LogP contribution in [0.5, 0.6) is 11.5 Å². The number of hydrogen-bond acceptors (Lipinski definition) is 6. The zero-order valence-corrected chi connectivity index (χ0v) is 21.5. The molecule has 2 N–H and O–H groups in total. The van der Waals surface area contributed by atoms with E-state index in [-0.39, 0.29) is 30.3 Å². The van der Waals surface area contributed by atoms with Crippen molar-refractivity contribution in [2.75, 3.05) is 31.7 Å². The molecule has 8 heteroatoms. The number of carbonyl (C=O) groups is 2. The van der Waals surface area contributed by atoms with Crippen molar-refractivity contribution in [2.24, 2.45) is 5.92 Å². The van der Waals surface area contributed by atoms with E-state index in [0.717, 1.165) is 22.4 Å². The fourth-order valence-electron chi connectivity index (χ4n) is 5.22. The van der Waals surface area contributed by atoms with Gasteiger partial charge >= 0.3 is 0 Å². The number of nitrogens with zero attached hydrogens (tertiary/aromatic N) is 2. The zero-order valence-electron chi connectivity index (χ0n) is 21.5. The van der Waals surface area contributed by atoms with E-state index < -0.39 is 12.2 Å². The van der Waals surface area contributed by atoms with E-state index >= 15 is 0 Å². The molecule has 2 aromatic carbocycles. The molecule has 194 valence electrons. The quantitative estimate of drug-likeness (QED) is 0.611. The Morgan fingerprint density at radius 3 is 2.33 bits per heavy atom. The number of hydrogen-bond donors (Lipinski definition) is 2. The molecular formula is C28H36N2O6. The second-order valence-corrected chi connectivity index (χ2v) is 10.1. The molecule has 2 aliphatic heterocycles. The standard InChI is InChI=1S/C28H36N2O6/c1-18(2)36-25-14-20-16-30(26(32)15-19(20)13-24(25)35-4)23-7-5-21(6-8-23)28(3,34)22-9-11-29(12-10-22)27(33)17-31/h5-8,13-14,18,22,31,34H,9-12,15-17H2,1-4H3/t28-/m0/s1. The van der Waals surface area contributed by atoms with Crippen LogP contribution in [0.2, 0.25) is 0 Å². The number of fused-ring (bicyclic) bond motifs is 1. The van der Waals surface area contributed by atoms with Crippen LogP contribution in [0.4, 0.5) is 5.69 Å². The Bertz CT molecular complexity index is 1100. The van der Waals surface area contributed by atoms with Crippen molar-refractivity contribution < 1.29 is 29.3 Å². The van der Waals surface area contributed by atoms with E-state index in [1.807, 2.05) is 57.2 Å². The zero-order chi connectivity index (χ0) is 26.0. The highest BCUT2D eigenvalue weighted by Crippen LogP contribution is 2.38. The molecule has 0 unspecified atom stereocenters. The lowest BCUT2D eigenvalue weighted by molar-refractivity contribution is -0.137. The molecule has 2 heterocycles. The molecule has 4 rings (SSSR count). The van der Waals surface area contributed by atoms with E-state index in [9.17, 15) is 14.7 Å². The number of methoxy groups -OCH3 is 1. The highest BCUT2D eigenvalue weighted by molar-refractivity contribution is 5.96. The number of carbonyl (C=O) groups excluding carboxylic acids is 2. The first kappa shape index (κ1) is 26.0. The van der Waals surface area contributed by atoms with Gasteiger partial charge in [-0.05, 0) is 80.5 Å². The fourth-order valence-corrected chi connectivity index (χ4v) is 5.22. The van der Waals surface area contributed by atoms with Crippen LogP contribution in [-0.2, 0) is 28.2 Å². The van der Waals surface area contributed by atoms with Crippen LogP contribution in [0.3, 0.4) is 0 Å². The van der Waals surface area contributed by atoms with Crippen molar-refractivity contribution in [3.8, 4) is 11.5 Å². The molecule has 0 aliphatic carbocycles. The minimum absolute atomic E-state index is 0.000940. The lowest BCUT2D eigenvalue weighted by Gasteiger charge is -2.40. The number of likely N-dealkylation sites (tertiary alicyclic amines) is 1. The lowest BCUT2D eigenvalue weighted by Crippen LogP contribution is -2.45. The van der Waals surface area contributed by atoms with Crippen LogP contribution in [0.1, 0.15) is 50.3 Å². The van der Waals surface area contributed by atoms with Crippen LogP contribution in [0, 0.1) is 5.92 Å². The Balaban J connectivity index is 1.50. The predicted octanol–water partition coefficient (Wildman–Crippen LogP) is 3.01. The summed E-state index contributed by atoms with van der Waals surface area (Å²) in [5.41, 5.74) is 2.45. The van der Waals surface area contributed by atoms with E-state index in [1.54, 1.807) is 16.9 Å². The monoisotopic (exact) mass is 496 g/mol. The summed E-state index contributed by atoms with van der Waals surface area (Å²) in [5, 5.41) is 20.5. The molecule has 8 nitrogen and oxygen atoms in total. The molecule has 0 saturated carbocycles. The van der Waals surface area contributed by atoms with E-state index in [4.69, 9.17) is 14.6 Å². The van der Waals surface area contributed by atoms with Gasteiger partial charge in [0.15, 0.2) is 11.5 Å². The summed E-state index contributed by atoms with van der Waals surface area (Å²) in [6.45, 7) is 6.72. The molecule has 2 aliphatic rings. The Hall–Kier alpha value is -3.10. The lowest BCUT2D eigenvalue weighted by atomic mass is 9.77. The largest absolute Gasteiger partial charge is 0.493 e. The number of anilines is 1. The summed E-state index contributed by atoms with van der Waals surface area (Å²) in [6.07, 6.45) is 1.59. The van der Waals surface area contributed by atoms with Crippen LogP contribution in [0.25, 0.3) is 0 Å². The van der Waals surface area contributed by atoms with E-state index in [2.05, 4.69) is 0 Å². The Kier molecular flexibility index (Phi) is 7.57. The maximum Gasteiger partial charge on any atom is 0.248 e. The summed E-state index contributed by atoms with van der Waals surface area (Å²) < 4.78 is 11.4. The number of amides is 2. The van der Waals surface area contributed by atoms with Gasteiger partial charge in [0.2, 0.25) is 11.8 Å². The number of aliphatic hydroxyl groups excluding tert-OH is 1. The van der Waals surface area contributed by atoms with Gasteiger partial charge in [-0.25, -0.2) is 0 Å². The second-order valence-electron chi connectivity index (χ2n) is 10.1. The molecule has 0 spiro atoms. The number of benzene rings is 2. The Morgan fingerprint density at radius 1 is 1.11 bits per heavy atom. The molecule has 1 fully saturated rings. The molecular weight excluding hydrogens is 460 g/mol. The van der Waals surface area contributed by atoms with Crippen LogP contribution in [0.15, 0.2) is 36.4 Å². The van der Waals surface area contributed by atoms with Gasteiger partial charge in [-0.15, -0.1) is 0 Å². The van der Waals surface area contributed by atoms with Gasteiger partial charge < -0.3 is 29.5 Å². The van der Waals surface area contributed by atoms with Crippen LogP contribution < -0.4 is 14.4 Å². The van der Waals surface area contributed by atoms with Crippen LogP contribution in [-0.4, -0.2) is 59.8 Å². The number of piperidine rings is 1. The highest BCUT2D eigenvalue weighted by atomic mass is 16.5. The Morgan fingerprint density at radius 2 is 1.75 bits per heavy atom. The normalized spacial score (nSPS) is 18.1. The van der Waals surface area contributed by atoms with Crippen molar-refractivity contribution in [3.05, 3.63) is 53.1 Å². The van der Waals surface area contributed by atoms with Gasteiger partial charge in [0, 0.05) is 18.8 Å². The number of rotatable bonds is 7. The van der Waals surface area contributed by atoms with Crippen molar-refractivity contribution >= 4 is 17.5 Å². The Labute approximate surface area is 212 Å². The van der Waals surface area contributed by atoms with Crippen LogP contribution >= 0.6 is 0 Å². The van der Waals surface area contributed by atoms with Crippen molar-refractivity contribution in [2.45, 2.75) is 58.3 Å². The predicted molar refractivity (Wildman–Crippen MR) is 136 cm³/mol. The fraction of sp³-hybridized carbons (Fsp3) is 0.500. The molecule has 1 atom stereocenters. The third-order valence-electron chi connectivity index (χ3n) is 7.36. The van der Waals surface area contributed by atoms with Crippen molar-refractivity contribution in [1.82, 2.24) is 4.90 Å². The summed E-state index contributed by atoms with van der Waals surface area (Å²) in [5.74, 6) is 1.01. The van der Waals surface area contributed by atoms with Gasteiger partial charge in [0.1, 0.15) is 6.61 Å². The third-order valence-corrected chi connectivity index (χ3v) is 7.36. The average Bonchev–Trinajstić information content (AvgIpc) is 2.87. The molecule has 2 amide bonds. The topological polar surface area (TPSA) is 99.5 Å². The first-order valence-electron chi connectivity index (χ1n) is 12.5. The van der Waals surface area contributed by atoms with E-state index in [1.165, 1.54) is 0 Å². The third kappa shape index (κ3) is 5.20. The first-order chi connectivity index (χ1) is 17.1. The summed E-state index contributed by atoms with van der Waals surface area (Å²) >= 11 is 0. The number of ether oxygens (including phenoxy) is 2. The summed E-state index contributed by atoms with van der Waals surface area (Å²) in [6, 6.07) is 11.4. The van der Waals surface area contributed by atoms with Gasteiger partial charge in [0.25, 0.3) is 0 Å². The van der Waals surface area contributed by atoms with E-state index in [0.29, 0.717) is 44.0 Å². The molecule has 0 radical (unpaired) electrons. The molecule has 36 heavy (non-hydrogen) atoms. The minimum Gasteiger partial charge on any atom is -0.493 e. The maximum atomic E-state index is 13.0.